The van der Waals surface area contributed by atoms with Gasteiger partial charge in [-0.05, 0) is 42.8 Å². The Balaban J connectivity index is 1.56. The van der Waals surface area contributed by atoms with Crippen LogP contribution in [0.2, 0.25) is 0 Å². The summed E-state index contributed by atoms with van der Waals surface area (Å²) in [6, 6.07) is 5.60. The minimum absolute atomic E-state index is 0.0254. The largest absolute Gasteiger partial charge is 0.454 e. The van der Waals surface area contributed by atoms with Gasteiger partial charge in [-0.25, -0.2) is 0 Å². The molecule has 0 saturated carbocycles. The Bertz CT molecular complexity index is 640. The van der Waals surface area contributed by atoms with E-state index in [0.29, 0.717) is 30.4 Å². The second kappa shape index (κ2) is 8.35. The number of methoxy groups -OCH3 is 1. The van der Waals surface area contributed by atoms with Crippen molar-refractivity contribution in [3.05, 3.63) is 23.8 Å². The van der Waals surface area contributed by atoms with Crippen LogP contribution < -0.4 is 14.8 Å². The predicted octanol–water partition coefficient (Wildman–Crippen LogP) is 1.32. The van der Waals surface area contributed by atoms with Crippen molar-refractivity contribution in [3.63, 3.8) is 0 Å². The Kier molecular flexibility index (Phi) is 5.93. The maximum Gasteiger partial charge on any atom is 0.245 e. The molecule has 1 aromatic rings. The van der Waals surface area contributed by atoms with Gasteiger partial charge in [0.1, 0.15) is 0 Å². The molecule has 0 bridgehead atoms. The van der Waals surface area contributed by atoms with Crippen molar-refractivity contribution in [1.82, 2.24) is 15.3 Å². The third-order valence-electron chi connectivity index (χ3n) is 4.15. The standard InChI is InChI=1S/C17H23N3O4S/c1-22-9-2-6-18-17(25)20-8-3-7-19(20)16(21)11-13-4-5-14-15(10-13)24-12-23-14/h4-5,10H,2-3,6-9,11-12H2,1H3,(H,18,25). The number of benzene rings is 1. The fourth-order valence-electron chi connectivity index (χ4n) is 2.90. The van der Waals surface area contributed by atoms with Crippen LogP contribution >= 0.6 is 12.2 Å². The van der Waals surface area contributed by atoms with Crippen LogP contribution in [-0.4, -0.2) is 61.2 Å². The molecule has 0 radical (unpaired) electrons. The molecule has 1 aromatic carbocycles. The van der Waals surface area contributed by atoms with Crippen LogP contribution in [0.5, 0.6) is 11.5 Å². The molecule has 0 aromatic heterocycles. The Morgan fingerprint density at radius 3 is 2.92 bits per heavy atom. The first-order valence-corrected chi connectivity index (χ1v) is 8.83. The molecule has 1 amide bonds. The number of ether oxygens (including phenoxy) is 3. The fraction of sp³-hybridized carbons (Fsp3) is 0.529. The van der Waals surface area contributed by atoms with Crippen molar-refractivity contribution in [3.8, 4) is 11.5 Å². The molecule has 2 aliphatic heterocycles. The summed E-state index contributed by atoms with van der Waals surface area (Å²) in [4.78, 5) is 12.7. The van der Waals surface area contributed by atoms with Gasteiger partial charge in [0.05, 0.1) is 6.42 Å². The van der Waals surface area contributed by atoms with Gasteiger partial charge in [-0.15, -0.1) is 0 Å². The average Bonchev–Trinajstić information content (AvgIpc) is 3.27. The number of hydrazine groups is 1. The number of carbonyl (C=O) groups excluding carboxylic acids is 1. The highest BCUT2D eigenvalue weighted by molar-refractivity contribution is 7.80. The zero-order valence-corrected chi connectivity index (χ0v) is 15.1. The van der Waals surface area contributed by atoms with Gasteiger partial charge in [0.15, 0.2) is 16.6 Å². The molecule has 2 heterocycles. The van der Waals surface area contributed by atoms with E-state index >= 15 is 0 Å². The van der Waals surface area contributed by atoms with Crippen LogP contribution in [0, 0.1) is 0 Å². The van der Waals surface area contributed by atoms with E-state index in [4.69, 9.17) is 26.4 Å². The van der Waals surface area contributed by atoms with Crippen LogP contribution in [0.3, 0.4) is 0 Å². The van der Waals surface area contributed by atoms with Gasteiger partial charge in [0.25, 0.3) is 0 Å². The molecule has 7 nitrogen and oxygen atoms in total. The van der Waals surface area contributed by atoms with Crippen molar-refractivity contribution < 1.29 is 19.0 Å². The van der Waals surface area contributed by atoms with Gasteiger partial charge in [0, 0.05) is 33.4 Å². The Labute approximate surface area is 152 Å². The van der Waals surface area contributed by atoms with Crippen molar-refractivity contribution in [2.75, 3.05) is 40.1 Å². The highest BCUT2D eigenvalue weighted by Gasteiger charge is 2.28. The quantitative estimate of drug-likeness (QED) is 0.602. The molecular weight excluding hydrogens is 342 g/mol. The number of nitrogens with zero attached hydrogens (tertiary/aromatic N) is 2. The van der Waals surface area contributed by atoms with E-state index in [-0.39, 0.29) is 12.7 Å². The maximum atomic E-state index is 12.7. The minimum Gasteiger partial charge on any atom is -0.454 e. The van der Waals surface area contributed by atoms with E-state index in [2.05, 4.69) is 5.32 Å². The molecule has 2 aliphatic rings. The van der Waals surface area contributed by atoms with Crippen LogP contribution in [0.15, 0.2) is 18.2 Å². The number of nitrogens with one attached hydrogen (secondary N) is 1. The molecule has 1 N–H and O–H groups in total. The van der Waals surface area contributed by atoms with Crippen LogP contribution in [0.1, 0.15) is 18.4 Å². The third-order valence-corrected chi connectivity index (χ3v) is 4.50. The zero-order chi connectivity index (χ0) is 17.6. The van der Waals surface area contributed by atoms with E-state index < -0.39 is 0 Å². The summed E-state index contributed by atoms with van der Waals surface area (Å²) in [5.74, 6) is 1.44. The molecular formula is C17H23N3O4S. The maximum absolute atomic E-state index is 12.7. The van der Waals surface area contributed by atoms with Crippen LogP contribution in [0.25, 0.3) is 0 Å². The van der Waals surface area contributed by atoms with Gasteiger partial charge < -0.3 is 19.5 Å². The van der Waals surface area contributed by atoms with Gasteiger partial charge in [0.2, 0.25) is 12.7 Å². The SMILES string of the molecule is COCCCNC(=S)N1CCCN1C(=O)Cc1ccc2c(c1)OCO2. The molecule has 1 saturated heterocycles. The lowest BCUT2D eigenvalue weighted by Crippen LogP contribution is -2.49. The van der Waals surface area contributed by atoms with Crippen molar-refractivity contribution in [1.29, 1.82) is 0 Å². The highest BCUT2D eigenvalue weighted by atomic mass is 32.1. The lowest BCUT2D eigenvalue weighted by atomic mass is 10.1. The molecule has 0 unspecified atom stereocenters. The number of rotatable bonds is 6. The molecule has 8 heteroatoms. The Morgan fingerprint density at radius 2 is 2.08 bits per heavy atom. The molecule has 0 aliphatic carbocycles. The van der Waals surface area contributed by atoms with E-state index in [1.54, 1.807) is 12.1 Å². The normalized spacial score (nSPS) is 15.6. The number of hydrogen-bond acceptors (Lipinski definition) is 5. The molecule has 3 rings (SSSR count). The highest BCUT2D eigenvalue weighted by Crippen LogP contribution is 2.32. The van der Waals surface area contributed by atoms with E-state index in [1.165, 1.54) is 0 Å². The number of fused-ring (bicyclic) bond motifs is 1. The third kappa shape index (κ3) is 4.32. The first-order chi connectivity index (χ1) is 12.2. The van der Waals surface area contributed by atoms with Crippen LogP contribution in [0.4, 0.5) is 0 Å². The first kappa shape index (κ1) is 17.8. The number of carbonyl (C=O) groups is 1. The van der Waals surface area contributed by atoms with E-state index in [1.807, 2.05) is 23.2 Å². The number of thiocarbonyl (C=S) groups is 1. The lowest BCUT2D eigenvalue weighted by molar-refractivity contribution is -0.138. The smallest absolute Gasteiger partial charge is 0.245 e. The van der Waals surface area contributed by atoms with Crippen molar-refractivity contribution >= 4 is 23.2 Å². The second-order valence-corrected chi connectivity index (χ2v) is 6.32. The topological polar surface area (TPSA) is 63.3 Å². The summed E-state index contributed by atoms with van der Waals surface area (Å²) in [6.45, 7) is 3.08. The summed E-state index contributed by atoms with van der Waals surface area (Å²) in [5, 5.41) is 7.37. The van der Waals surface area contributed by atoms with Gasteiger partial charge >= 0.3 is 0 Å². The van der Waals surface area contributed by atoms with Crippen molar-refractivity contribution in [2.24, 2.45) is 0 Å². The Hall–Kier alpha value is -2.06. The zero-order valence-electron chi connectivity index (χ0n) is 14.3. The fourth-order valence-corrected chi connectivity index (χ4v) is 3.19. The molecule has 25 heavy (non-hydrogen) atoms. The summed E-state index contributed by atoms with van der Waals surface area (Å²) < 4.78 is 15.7. The lowest BCUT2D eigenvalue weighted by Gasteiger charge is -2.30. The van der Waals surface area contributed by atoms with E-state index in [0.717, 1.165) is 37.2 Å². The monoisotopic (exact) mass is 365 g/mol. The Morgan fingerprint density at radius 1 is 1.28 bits per heavy atom. The molecule has 0 spiro atoms. The van der Waals surface area contributed by atoms with Gasteiger partial charge in [-0.1, -0.05) is 6.07 Å². The summed E-state index contributed by atoms with van der Waals surface area (Å²) in [7, 11) is 1.68. The summed E-state index contributed by atoms with van der Waals surface area (Å²) >= 11 is 5.43. The van der Waals surface area contributed by atoms with E-state index in [9.17, 15) is 4.79 Å². The number of hydrogen-bond donors (Lipinski definition) is 1. The molecule has 1 fully saturated rings. The van der Waals surface area contributed by atoms with Gasteiger partial charge in [-0.2, -0.15) is 0 Å². The molecule has 136 valence electrons. The minimum atomic E-state index is 0.0254. The predicted molar refractivity (Wildman–Crippen MR) is 96.4 cm³/mol. The second-order valence-electron chi connectivity index (χ2n) is 5.94. The van der Waals surface area contributed by atoms with Crippen molar-refractivity contribution in [2.45, 2.75) is 19.3 Å². The molecule has 0 atom stereocenters. The summed E-state index contributed by atoms with van der Waals surface area (Å²) in [5.41, 5.74) is 0.903. The van der Waals surface area contributed by atoms with Crippen LogP contribution in [-0.2, 0) is 16.0 Å². The average molecular weight is 365 g/mol. The summed E-state index contributed by atoms with van der Waals surface area (Å²) in [6.07, 6.45) is 2.09. The number of amides is 1. The first-order valence-electron chi connectivity index (χ1n) is 8.42. The van der Waals surface area contributed by atoms with Gasteiger partial charge in [-0.3, -0.25) is 14.8 Å².